The van der Waals surface area contributed by atoms with Gasteiger partial charge in [0.1, 0.15) is 11.6 Å². The first-order valence-electron chi connectivity index (χ1n) is 15.1. The molecule has 2 aliphatic carbocycles. The highest BCUT2D eigenvalue weighted by molar-refractivity contribution is 5.96. The first-order valence-corrected chi connectivity index (χ1v) is 15.1. The lowest BCUT2D eigenvalue weighted by Crippen LogP contribution is -2.04. The van der Waals surface area contributed by atoms with E-state index in [4.69, 9.17) is 0 Å². The van der Waals surface area contributed by atoms with E-state index in [1.165, 1.54) is 18.5 Å². The molecule has 3 aromatic carbocycles. The Bertz CT molecular complexity index is 1940. The molecule has 7 rings (SSSR count). The molecule has 5 aromatic rings. The first kappa shape index (κ1) is 31.3. The fraction of sp³-hybridized carbons (Fsp3) is 0.194. The van der Waals surface area contributed by atoms with Crippen molar-refractivity contribution < 1.29 is 28.6 Å². The van der Waals surface area contributed by atoms with Crippen molar-refractivity contribution in [2.24, 2.45) is 0 Å². The molecule has 0 aliphatic heterocycles. The van der Waals surface area contributed by atoms with Crippen molar-refractivity contribution >= 4 is 34.7 Å². The standard InChI is InChI=1S/C20H15F2N3O2.C16H16N2O2/c21-15-2-1-3-16(22)18(15)19-23-9-13(10-24-19)25-17-7-6-12(11-4-5-11)8-14(17)20(26)27;1-10-6-13(9-17-8-10)18-15-5-4-12(11-2-3-11)7-14(15)16(19)20/h1-3,6-11,25H,4-5H2,(H,26,27);4-9,11,18H,2-3H2,1H3,(H,19,20). The van der Waals surface area contributed by atoms with Crippen LogP contribution in [0.1, 0.15) is 74.9 Å². The molecule has 47 heavy (non-hydrogen) atoms. The molecule has 0 bridgehead atoms. The summed E-state index contributed by atoms with van der Waals surface area (Å²) >= 11 is 0. The Balaban J connectivity index is 0.000000172. The number of aryl methyl sites for hydroxylation is 1. The first-order chi connectivity index (χ1) is 22.7. The van der Waals surface area contributed by atoms with Gasteiger partial charge in [0, 0.05) is 6.20 Å². The summed E-state index contributed by atoms with van der Waals surface area (Å²) in [7, 11) is 0. The van der Waals surface area contributed by atoms with E-state index < -0.39 is 23.6 Å². The average Bonchev–Trinajstić information content (AvgIpc) is 3.97. The van der Waals surface area contributed by atoms with E-state index in [9.17, 15) is 28.6 Å². The second-order valence-electron chi connectivity index (χ2n) is 11.7. The van der Waals surface area contributed by atoms with Crippen molar-refractivity contribution in [2.75, 3.05) is 10.6 Å². The van der Waals surface area contributed by atoms with Crippen molar-refractivity contribution in [3.63, 3.8) is 0 Å². The quantitative estimate of drug-likeness (QED) is 0.126. The molecular formula is C36H31F2N5O4. The molecular weight excluding hydrogens is 604 g/mol. The summed E-state index contributed by atoms with van der Waals surface area (Å²) in [6.07, 6.45) is 10.6. The number of pyridine rings is 1. The van der Waals surface area contributed by atoms with Gasteiger partial charge in [-0.25, -0.2) is 28.3 Å². The summed E-state index contributed by atoms with van der Waals surface area (Å²) in [5, 5.41) is 24.9. The number of rotatable bonds is 9. The van der Waals surface area contributed by atoms with E-state index in [0.29, 0.717) is 34.5 Å². The van der Waals surface area contributed by atoms with Crippen molar-refractivity contribution in [3.05, 3.63) is 125 Å². The van der Waals surface area contributed by atoms with Gasteiger partial charge in [0.2, 0.25) is 0 Å². The van der Waals surface area contributed by atoms with Crippen LogP contribution in [0.3, 0.4) is 0 Å². The van der Waals surface area contributed by atoms with Crippen LogP contribution in [0.25, 0.3) is 11.4 Å². The minimum absolute atomic E-state index is 0.0845. The number of nitrogens with one attached hydrogen (secondary N) is 2. The zero-order chi connectivity index (χ0) is 33.1. The van der Waals surface area contributed by atoms with Gasteiger partial charge in [0.25, 0.3) is 0 Å². The molecule has 11 heteroatoms. The molecule has 2 aliphatic rings. The minimum atomic E-state index is -1.04. The highest BCUT2D eigenvalue weighted by Crippen LogP contribution is 2.42. The topological polar surface area (TPSA) is 137 Å². The van der Waals surface area contributed by atoms with Crippen LogP contribution in [0.4, 0.5) is 31.5 Å². The summed E-state index contributed by atoms with van der Waals surface area (Å²) < 4.78 is 27.7. The monoisotopic (exact) mass is 635 g/mol. The van der Waals surface area contributed by atoms with E-state index in [-0.39, 0.29) is 17.0 Å². The van der Waals surface area contributed by atoms with Crippen LogP contribution < -0.4 is 10.6 Å². The Morgan fingerprint density at radius 3 is 1.68 bits per heavy atom. The van der Waals surface area contributed by atoms with Crippen LogP contribution in [0, 0.1) is 18.6 Å². The Kier molecular flexibility index (Phi) is 8.88. The van der Waals surface area contributed by atoms with Gasteiger partial charge in [0.15, 0.2) is 5.82 Å². The lowest BCUT2D eigenvalue weighted by molar-refractivity contribution is 0.0687. The number of aromatic nitrogens is 3. The molecule has 0 atom stereocenters. The molecule has 9 nitrogen and oxygen atoms in total. The van der Waals surface area contributed by atoms with Crippen LogP contribution in [-0.4, -0.2) is 37.1 Å². The minimum Gasteiger partial charge on any atom is -0.478 e. The number of carboxylic acid groups (broad SMARTS) is 2. The van der Waals surface area contributed by atoms with Crippen LogP contribution in [0.5, 0.6) is 0 Å². The zero-order valence-corrected chi connectivity index (χ0v) is 25.4. The number of benzene rings is 3. The molecule has 2 saturated carbocycles. The highest BCUT2D eigenvalue weighted by atomic mass is 19.1. The van der Waals surface area contributed by atoms with Crippen LogP contribution in [-0.2, 0) is 0 Å². The number of aromatic carboxylic acids is 2. The van der Waals surface area contributed by atoms with E-state index >= 15 is 0 Å². The molecule has 2 heterocycles. The lowest BCUT2D eigenvalue weighted by atomic mass is 10.0. The second kappa shape index (κ2) is 13.3. The summed E-state index contributed by atoms with van der Waals surface area (Å²) in [5.74, 6) is -2.54. The number of hydrogen-bond acceptors (Lipinski definition) is 7. The molecule has 0 spiro atoms. The van der Waals surface area contributed by atoms with Gasteiger partial charge in [-0.3, -0.25) is 4.98 Å². The maximum Gasteiger partial charge on any atom is 0.337 e. The number of halogens is 2. The van der Waals surface area contributed by atoms with Gasteiger partial charge in [-0.2, -0.15) is 0 Å². The maximum absolute atomic E-state index is 13.8. The lowest BCUT2D eigenvalue weighted by Gasteiger charge is -2.11. The smallest absolute Gasteiger partial charge is 0.337 e. The number of carbonyl (C=O) groups is 2. The molecule has 238 valence electrons. The molecule has 2 fully saturated rings. The Morgan fingerprint density at radius 1 is 0.702 bits per heavy atom. The van der Waals surface area contributed by atoms with Gasteiger partial charge < -0.3 is 20.8 Å². The fourth-order valence-electron chi connectivity index (χ4n) is 5.20. The normalized spacial score (nSPS) is 13.7. The Morgan fingerprint density at radius 2 is 1.21 bits per heavy atom. The van der Waals surface area contributed by atoms with Crippen molar-refractivity contribution in [3.8, 4) is 11.4 Å². The fourth-order valence-corrected chi connectivity index (χ4v) is 5.20. The van der Waals surface area contributed by atoms with Gasteiger partial charge in [-0.1, -0.05) is 18.2 Å². The van der Waals surface area contributed by atoms with Gasteiger partial charge >= 0.3 is 11.9 Å². The van der Waals surface area contributed by atoms with Gasteiger partial charge in [0.05, 0.1) is 58.0 Å². The summed E-state index contributed by atoms with van der Waals surface area (Å²) in [6.45, 7) is 1.95. The molecule has 2 aromatic heterocycles. The molecule has 4 N–H and O–H groups in total. The average molecular weight is 636 g/mol. The predicted octanol–water partition coefficient (Wildman–Crippen LogP) is 8.45. The highest BCUT2D eigenvalue weighted by Gasteiger charge is 2.26. The van der Waals surface area contributed by atoms with E-state index in [2.05, 4.69) is 25.6 Å². The number of nitrogens with zero attached hydrogens (tertiary/aromatic N) is 3. The van der Waals surface area contributed by atoms with Gasteiger partial charge in [-0.05, 0) is 104 Å². The maximum atomic E-state index is 13.8. The summed E-state index contributed by atoms with van der Waals surface area (Å²) in [5.41, 5.74) is 5.55. The van der Waals surface area contributed by atoms with Crippen molar-refractivity contribution in [1.29, 1.82) is 0 Å². The van der Waals surface area contributed by atoms with E-state index in [0.717, 1.165) is 60.2 Å². The van der Waals surface area contributed by atoms with Crippen molar-refractivity contribution in [1.82, 2.24) is 15.0 Å². The number of carboxylic acids is 2. The van der Waals surface area contributed by atoms with Gasteiger partial charge in [-0.15, -0.1) is 0 Å². The predicted molar refractivity (Wildman–Crippen MR) is 174 cm³/mol. The molecule has 0 amide bonds. The second-order valence-corrected chi connectivity index (χ2v) is 11.7. The third-order valence-corrected chi connectivity index (χ3v) is 7.92. The third-order valence-electron chi connectivity index (χ3n) is 7.92. The van der Waals surface area contributed by atoms with E-state index in [1.807, 2.05) is 31.2 Å². The van der Waals surface area contributed by atoms with Crippen LogP contribution >= 0.6 is 0 Å². The number of hydrogen-bond donors (Lipinski definition) is 4. The van der Waals surface area contributed by atoms with Crippen LogP contribution in [0.15, 0.2) is 85.5 Å². The Labute approximate surface area is 269 Å². The zero-order valence-electron chi connectivity index (χ0n) is 25.4. The third kappa shape index (κ3) is 7.58. The summed E-state index contributed by atoms with van der Waals surface area (Å²) in [4.78, 5) is 35.1. The number of anilines is 4. The molecule has 0 radical (unpaired) electrons. The Hall–Kier alpha value is -5.71. The molecule has 0 unspecified atom stereocenters. The SMILES string of the molecule is Cc1cncc(Nc2ccc(C3CC3)cc2C(=O)O)c1.O=C(O)c1cc(C2CC2)ccc1Nc1cnc(-c2c(F)cccc2F)nc1. The molecule has 0 saturated heterocycles. The van der Waals surface area contributed by atoms with Crippen molar-refractivity contribution in [2.45, 2.75) is 44.4 Å². The summed E-state index contributed by atoms with van der Waals surface area (Å²) in [6, 6.07) is 16.4. The van der Waals surface area contributed by atoms with E-state index in [1.54, 1.807) is 30.6 Å². The largest absolute Gasteiger partial charge is 0.478 e. The van der Waals surface area contributed by atoms with Crippen LogP contribution in [0.2, 0.25) is 0 Å².